The van der Waals surface area contributed by atoms with Crippen molar-refractivity contribution in [2.24, 2.45) is 11.8 Å². The van der Waals surface area contributed by atoms with E-state index < -0.39 is 52.7 Å². The SMILES string of the molecule is CC(=O)C(C[CH2][Ti]([CH2]CC(C(C)=O)C(=O)O)([O]C(C)C)[O]C(C)C)C(=O)O. The second-order valence-electron chi connectivity index (χ2n) is 7.32. The van der Waals surface area contributed by atoms with Gasteiger partial charge < -0.3 is 0 Å². The van der Waals surface area contributed by atoms with Crippen LogP contribution in [0, 0.1) is 11.8 Å². The van der Waals surface area contributed by atoms with E-state index in [4.69, 9.17) is 6.64 Å². The fourth-order valence-corrected chi connectivity index (χ4v) is 9.15. The number of rotatable bonds is 14. The zero-order valence-corrected chi connectivity index (χ0v) is 18.5. The van der Waals surface area contributed by atoms with E-state index in [-0.39, 0.29) is 34.5 Å². The Kier molecular flexibility index (Phi) is 11.2. The number of hydrogen-bond acceptors (Lipinski definition) is 6. The quantitative estimate of drug-likeness (QED) is 0.322. The van der Waals surface area contributed by atoms with Crippen LogP contribution in [0.5, 0.6) is 0 Å². The van der Waals surface area contributed by atoms with E-state index in [1.807, 2.05) is 27.7 Å². The summed E-state index contributed by atoms with van der Waals surface area (Å²) in [6, 6.07) is 0. The number of carbonyl (C=O) groups excluding carboxylic acids is 2. The van der Waals surface area contributed by atoms with E-state index >= 15 is 0 Å². The third-order valence-electron chi connectivity index (χ3n) is 4.11. The predicted octanol–water partition coefficient (Wildman–Crippen LogP) is 3.02. The van der Waals surface area contributed by atoms with Gasteiger partial charge in [0.2, 0.25) is 0 Å². The molecule has 0 aromatic rings. The molecule has 8 nitrogen and oxygen atoms in total. The fraction of sp³-hybridized carbons (Fsp3) is 0.778. The molecule has 0 radical (unpaired) electrons. The topological polar surface area (TPSA) is 127 Å². The summed E-state index contributed by atoms with van der Waals surface area (Å²) in [7, 11) is 0. The Morgan fingerprint density at radius 3 is 1.22 bits per heavy atom. The zero-order valence-electron chi connectivity index (χ0n) is 17.0. The molecule has 9 heteroatoms. The molecule has 0 heterocycles. The van der Waals surface area contributed by atoms with Gasteiger partial charge in [-0.1, -0.05) is 0 Å². The predicted molar refractivity (Wildman–Crippen MR) is 94.9 cm³/mol. The maximum absolute atomic E-state index is 11.6. The molecular formula is C18H32O8Ti. The van der Waals surface area contributed by atoms with E-state index in [2.05, 4.69) is 0 Å². The summed E-state index contributed by atoms with van der Waals surface area (Å²) < 4.78 is 12.8. The standard InChI is InChI=1S/2C6H9O3.2C3H7O.Ti/c2*1-3-5(4(2)7)6(8)9;2*1-3(2)4;/h2*5H,1,3H2,2H3,(H,8,9);2*3H,1-2H3;/q;;2*-1;+2. The van der Waals surface area contributed by atoms with E-state index in [1.165, 1.54) is 13.8 Å². The number of carboxylic acids is 2. The molecule has 0 rings (SSSR count). The molecule has 0 bridgehead atoms. The first-order valence-corrected chi connectivity index (χ1v) is 12.6. The summed E-state index contributed by atoms with van der Waals surface area (Å²) in [5, 5.41) is 18.5. The van der Waals surface area contributed by atoms with Crippen LogP contribution in [0.15, 0.2) is 0 Å². The van der Waals surface area contributed by atoms with Crippen molar-refractivity contribution < 1.29 is 53.4 Å². The first kappa shape index (κ1) is 25.9. The van der Waals surface area contributed by atoms with E-state index in [9.17, 15) is 29.4 Å². The molecule has 0 aliphatic heterocycles. The number of hydrogen-bond donors (Lipinski definition) is 2. The molecule has 27 heavy (non-hydrogen) atoms. The van der Waals surface area contributed by atoms with Gasteiger partial charge in [-0.3, -0.25) is 0 Å². The van der Waals surface area contributed by atoms with Gasteiger partial charge >= 0.3 is 165 Å². The van der Waals surface area contributed by atoms with Gasteiger partial charge in [0, 0.05) is 0 Å². The number of carbonyl (C=O) groups is 4. The summed E-state index contributed by atoms with van der Waals surface area (Å²) in [6.07, 6.45) is -0.265. The van der Waals surface area contributed by atoms with Crippen molar-refractivity contribution in [2.45, 2.75) is 76.0 Å². The summed E-state index contributed by atoms with van der Waals surface area (Å²) >= 11 is -3.68. The second-order valence-corrected chi connectivity index (χ2v) is 12.5. The monoisotopic (exact) mass is 424 g/mol. The molecule has 156 valence electrons. The van der Waals surface area contributed by atoms with Gasteiger partial charge in [0.1, 0.15) is 0 Å². The zero-order chi connectivity index (χ0) is 21.4. The molecule has 2 unspecified atom stereocenters. The summed E-state index contributed by atoms with van der Waals surface area (Å²) in [5.41, 5.74) is 0. The van der Waals surface area contributed by atoms with Crippen molar-refractivity contribution in [3.63, 3.8) is 0 Å². The molecule has 2 atom stereocenters. The van der Waals surface area contributed by atoms with Gasteiger partial charge in [-0.25, -0.2) is 0 Å². The molecule has 0 saturated carbocycles. The Balaban J connectivity index is 5.61. The molecule has 0 aromatic carbocycles. The molecule has 0 aliphatic carbocycles. The van der Waals surface area contributed by atoms with Gasteiger partial charge in [0.05, 0.1) is 0 Å². The molecule has 0 aliphatic rings. The summed E-state index contributed by atoms with van der Waals surface area (Å²) in [6.45, 7) is 9.75. The average Bonchev–Trinajstić information content (AvgIpc) is 2.44. The van der Waals surface area contributed by atoms with Crippen molar-refractivity contribution in [1.82, 2.24) is 0 Å². The minimum absolute atomic E-state index is 0.0713. The molecular weight excluding hydrogens is 392 g/mol. The number of Topliss-reactive ketones (excluding diaryl/α,β-unsaturated/α-hetero) is 2. The second kappa shape index (κ2) is 11.7. The Hall–Kier alpha value is -1.09. The normalized spacial score (nSPS) is 14.2. The molecule has 0 spiro atoms. The van der Waals surface area contributed by atoms with Gasteiger partial charge in [0.25, 0.3) is 0 Å². The van der Waals surface area contributed by atoms with E-state index in [1.54, 1.807) is 0 Å². The molecule has 0 amide bonds. The van der Waals surface area contributed by atoms with Crippen LogP contribution in [-0.2, 0) is 43.2 Å². The third-order valence-corrected chi connectivity index (χ3v) is 10.2. The first-order valence-electron chi connectivity index (χ1n) is 9.13. The van der Waals surface area contributed by atoms with Gasteiger partial charge in [-0.05, 0) is 0 Å². The third kappa shape index (κ3) is 9.60. The van der Waals surface area contributed by atoms with Crippen LogP contribution in [0.4, 0.5) is 0 Å². The Bertz CT molecular complexity index is 467. The first-order chi connectivity index (χ1) is 12.3. The number of ketones is 2. The van der Waals surface area contributed by atoms with Crippen molar-refractivity contribution in [3.8, 4) is 0 Å². The van der Waals surface area contributed by atoms with Crippen LogP contribution in [0.25, 0.3) is 0 Å². The van der Waals surface area contributed by atoms with E-state index in [0.717, 1.165) is 0 Å². The fourth-order valence-electron chi connectivity index (χ4n) is 2.98. The van der Waals surface area contributed by atoms with Gasteiger partial charge in [-0.2, -0.15) is 0 Å². The van der Waals surface area contributed by atoms with Crippen LogP contribution in [0.2, 0.25) is 9.45 Å². The van der Waals surface area contributed by atoms with E-state index in [0.29, 0.717) is 0 Å². The van der Waals surface area contributed by atoms with Crippen LogP contribution < -0.4 is 0 Å². The molecule has 0 fully saturated rings. The Morgan fingerprint density at radius 2 is 1.04 bits per heavy atom. The van der Waals surface area contributed by atoms with Crippen LogP contribution in [0.1, 0.15) is 54.4 Å². The number of aliphatic carboxylic acids is 2. The minimum atomic E-state index is -3.68. The van der Waals surface area contributed by atoms with Crippen molar-refractivity contribution in [1.29, 1.82) is 0 Å². The van der Waals surface area contributed by atoms with Crippen LogP contribution in [-0.4, -0.2) is 45.9 Å². The molecule has 2 N–H and O–H groups in total. The Labute approximate surface area is 164 Å². The molecule has 0 aromatic heterocycles. The molecule has 0 saturated heterocycles. The summed E-state index contributed by atoms with van der Waals surface area (Å²) in [4.78, 5) is 45.9. The Morgan fingerprint density at radius 1 is 0.741 bits per heavy atom. The van der Waals surface area contributed by atoms with Crippen LogP contribution in [0.3, 0.4) is 0 Å². The summed E-state index contributed by atoms with van der Waals surface area (Å²) in [5.74, 6) is -5.57. The van der Waals surface area contributed by atoms with Gasteiger partial charge in [0.15, 0.2) is 0 Å². The van der Waals surface area contributed by atoms with Crippen molar-refractivity contribution in [2.75, 3.05) is 0 Å². The van der Waals surface area contributed by atoms with Crippen molar-refractivity contribution in [3.05, 3.63) is 0 Å². The maximum atomic E-state index is 11.6. The van der Waals surface area contributed by atoms with Crippen molar-refractivity contribution >= 4 is 23.5 Å². The van der Waals surface area contributed by atoms with Crippen LogP contribution >= 0.6 is 0 Å². The number of carboxylic acid groups (broad SMARTS) is 2. The van der Waals surface area contributed by atoms with Gasteiger partial charge in [-0.15, -0.1) is 0 Å². The average molecular weight is 424 g/mol.